The Kier molecular flexibility index (Phi) is 5.95. The van der Waals surface area contributed by atoms with E-state index in [-0.39, 0.29) is 22.3 Å². The molecule has 2 aromatic rings. The van der Waals surface area contributed by atoms with E-state index < -0.39 is 10.8 Å². The number of amides is 2. The molecule has 0 radical (unpaired) electrons. The summed E-state index contributed by atoms with van der Waals surface area (Å²) < 4.78 is 0. The number of anilines is 1. The first-order chi connectivity index (χ1) is 13.5. The fourth-order valence-electron chi connectivity index (χ4n) is 2.99. The van der Waals surface area contributed by atoms with Crippen molar-refractivity contribution in [1.82, 2.24) is 10.2 Å². The van der Waals surface area contributed by atoms with Crippen LogP contribution in [0.15, 0.2) is 48.5 Å². The van der Waals surface area contributed by atoms with Gasteiger partial charge in [-0.15, -0.1) is 0 Å². The second kappa shape index (κ2) is 8.57. The Balaban J connectivity index is 1.67. The zero-order valence-corrected chi connectivity index (χ0v) is 15.7. The van der Waals surface area contributed by atoms with Gasteiger partial charge in [-0.2, -0.15) is 0 Å². The first-order valence-corrected chi connectivity index (χ1v) is 9.11. The van der Waals surface area contributed by atoms with Gasteiger partial charge in [-0.25, -0.2) is 0 Å². The van der Waals surface area contributed by atoms with Crippen molar-refractivity contribution in [2.24, 2.45) is 0 Å². The minimum Gasteiger partial charge on any atom is -0.339 e. The number of nitrogens with one attached hydrogen (secondary N) is 2. The van der Waals surface area contributed by atoms with Crippen LogP contribution in [0.4, 0.5) is 11.4 Å². The molecule has 0 spiro atoms. The van der Waals surface area contributed by atoms with Crippen molar-refractivity contribution >= 4 is 40.5 Å². The Labute approximate surface area is 166 Å². The number of para-hydroxylation sites is 1. The minimum atomic E-state index is -0.686. The van der Waals surface area contributed by atoms with Gasteiger partial charge in [0.1, 0.15) is 5.56 Å². The van der Waals surface area contributed by atoms with Gasteiger partial charge >= 0.3 is 0 Å². The molecule has 0 aliphatic carbocycles. The van der Waals surface area contributed by atoms with Crippen LogP contribution in [-0.2, 0) is 0 Å². The molecule has 2 N–H and O–H groups in total. The van der Waals surface area contributed by atoms with Gasteiger partial charge in [0, 0.05) is 30.4 Å². The molecular formula is C19H18N4O4S. The van der Waals surface area contributed by atoms with Gasteiger partial charge in [0.25, 0.3) is 17.5 Å². The third kappa shape index (κ3) is 4.49. The lowest BCUT2D eigenvalue weighted by atomic mass is 10.1. The number of hydrogen-bond acceptors (Lipinski definition) is 5. The van der Waals surface area contributed by atoms with Crippen LogP contribution in [-0.4, -0.2) is 39.8 Å². The third-order valence-electron chi connectivity index (χ3n) is 4.33. The van der Waals surface area contributed by atoms with E-state index in [9.17, 15) is 19.7 Å². The molecule has 2 aromatic carbocycles. The van der Waals surface area contributed by atoms with E-state index in [1.165, 1.54) is 24.3 Å². The molecule has 9 heteroatoms. The molecule has 0 aromatic heterocycles. The average Bonchev–Trinajstić information content (AvgIpc) is 3.22. The van der Waals surface area contributed by atoms with E-state index in [1.807, 2.05) is 0 Å². The fraction of sp³-hybridized carbons (Fsp3) is 0.211. The Morgan fingerprint density at radius 3 is 2.50 bits per heavy atom. The lowest BCUT2D eigenvalue weighted by molar-refractivity contribution is -0.385. The number of nitrogens with zero attached hydrogens (tertiary/aromatic N) is 2. The zero-order chi connectivity index (χ0) is 20.1. The standard InChI is InChI=1S/C19H18N4O4S/c24-17(15-8-1-2-9-16(15)23(26)27)21-19(28)20-14-7-5-6-13(12-14)18(25)22-10-3-4-11-22/h1-2,5-9,12H,3-4,10-11H2,(H2,20,21,24,28). The number of carbonyl (C=O) groups is 2. The van der Waals surface area contributed by atoms with E-state index >= 15 is 0 Å². The van der Waals surface area contributed by atoms with Gasteiger partial charge in [-0.3, -0.25) is 25.0 Å². The molecule has 1 heterocycles. The highest BCUT2D eigenvalue weighted by Gasteiger charge is 2.21. The number of likely N-dealkylation sites (tertiary alicyclic amines) is 1. The summed E-state index contributed by atoms with van der Waals surface area (Å²) in [4.78, 5) is 37.0. The van der Waals surface area contributed by atoms with Crippen molar-refractivity contribution in [2.45, 2.75) is 12.8 Å². The molecule has 1 fully saturated rings. The number of carbonyl (C=O) groups excluding carboxylic acids is 2. The summed E-state index contributed by atoms with van der Waals surface area (Å²) in [5.74, 6) is -0.731. The predicted molar refractivity (Wildman–Crippen MR) is 108 cm³/mol. The second-order valence-electron chi connectivity index (χ2n) is 6.26. The third-order valence-corrected chi connectivity index (χ3v) is 4.54. The summed E-state index contributed by atoms with van der Waals surface area (Å²) in [6.07, 6.45) is 2.01. The van der Waals surface area contributed by atoms with E-state index in [4.69, 9.17) is 12.2 Å². The van der Waals surface area contributed by atoms with Crippen LogP contribution < -0.4 is 10.6 Å². The highest BCUT2D eigenvalue weighted by molar-refractivity contribution is 7.80. The summed E-state index contributed by atoms with van der Waals surface area (Å²) in [6, 6.07) is 12.4. The molecule has 2 amide bonds. The van der Waals surface area contributed by atoms with E-state index in [2.05, 4.69) is 10.6 Å². The van der Waals surface area contributed by atoms with Crippen LogP contribution in [0, 0.1) is 10.1 Å². The van der Waals surface area contributed by atoms with Crippen LogP contribution in [0.25, 0.3) is 0 Å². The molecule has 0 bridgehead atoms. The maximum Gasteiger partial charge on any atom is 0.282 e. The number of rotatable bonds is 4. The Morgan fingerprint density at radius 1 is 1.07 bits per heavy atom. The second-order valence-corrected chi connectivity index (χ2v) is 6.67. The number of benzene rings is 2. The van der Waals surface area contributed by atoms with Crippen molar-refractivity contribution < 1.29 is 14.5 Å². The molecule has 1 saturated heterocycles. The van der Waals surface area contributed by atoms with Gasteiger partial charge in [-0.05, 0) is 49.3 Å². The number of nitro benzene ring substituents is 1. The molecule has 144 valence electrons. The van der Waals surface area contributed by atoms with Crippen LogP contribution in [0.5, 0.6) is 0 Å². The van der Waals surface area contributed by atoms with Gasteiger partial charge in [0.05, 0.1) is 4.92 Å². The van der Waals surface area contributed by atoms with Crippen LogP contribution in [0.1, 0.15) is 33.6 Å². The minimum absolute atomic E-state index is 0.0195. The van der Waals surface area contributed by atoms with Crippen molar-refractivity contribution in [3.8, 4) is 0 Å². The average molecular weight is 398 g/mol. The van der Waals surface area contributed by atoms with Crippen molar-refractivity contribution in [2.75, 3.05) is 18.4 Å². The van der Waals surface area contributed by atoms with Crippen LogP contribution in [0.3, 0.4) is 0 Å². The van der Waals surface area contributed by atoms with Crippen LogP contribution >= 0.6 is 12.2 Å². The monoisotopic (exact) mass is 398 g/mol. The number of nitro groups is 1. The van der Waals surface area contributed by atoms with Gasteiger partial charge in [0.2, 0.25) is 0 Å². The highest BCUT2D eigenvalue weighted by atomic mass is 32.1. The summed E-state index contributed by atoms with van der Waals surface area (Å²) in [5.41, 5.74) is 0.674. The van der Waals surface area contributed by atoms with Crippen molar-refractivity contribution in [1.29, 1.82) is 0 Å². The number of hydrogen-bond donors (Lipinski definition) is 2. The topological polar surface area (TPSA) is 105 Å². The van der Waals surface area contributed by atoms with Crippen LogP contribution in [0.2, 0.25) is 0 Å². The normalized spacial score (nSPS) is 13.1. The molecule has 0 atom stereocenters. The molecule has 8 nitrogen and oxygen atoms in total. The maximum absolute atomic E-state index is 12.5. The molecule has 0 unspecified atom stereocenters. The lowest BCUT2D eigenvalue weighted by Gasteiger charge is -2.16. The van der Waals surface area contributed by atoms with E-state index in [0.29, 0.717) is 11.3 Å². The molecular weight excluding hydrogens is 380 g/mol. The molecule has 0 saturated carbocycles. The summed E-state index contributed by atoms with van der Waals surface area (Å²) in [7, 11) is 0. The summed E-state index contributed by atoms with van der Waals surface area (Å²) >= 11 is 5.13. The van der Waals surface area contributed by atoms with E-state index in [0.717, 1.165) is 25.9 Å². The lowest BCUT2D eigenvalue weighted by Crippen LogP contribution is -2.34. The van der Waals surface area contributed by atoms with Crippen molar-refractivity contribution in [3.63, 3.8) is 0 Å². The van der Waals surface area contributed by atoms with Gasteiger partial charge in [0.15, 0.2) is 5.11 Å². The Bertz CT molecular complexity index is 941. The molecule has 3 rings (SSSR count). The van der Waals surface area contributed by atoms with Gasteiger partial charge < -0.3 is 10.2 Å². The largest absolute Gasteiger partial charge is 0.339 e. The Hall–Kier alpha value is -3.33. The summed E-state index contributed by atoms with van der Waals surface area (Å²) in [6.45, 7) is 1.50. The smallest absolute Gasteiger partial charge is 0.282 e. The fourth-order valence-corrected chi connectivity index (χ4v) is 3.20. The highest BCUT2D eigenvalue weighted by Crippen LogP contribution is 2.18. The number of thiocarbonyl (C=S) groups is 1. The molecule has 1 aliphatic heterocycles. The SMILES string of the molecule is O=C(NC(=S)Nc1cccc(C(=O)N2CCCC2)c1)c1ccccc1[N+](=O)[O-]. The predicted octanol–water partition coefficient (Wildman–Crippen LogP) is 2.96. The molecule has 28 heavy (non-hydrogen) atoms. The van der Waals surface area contributed by atoms with Crippen molar-refractivity contribution in [3.05, 3.63) is 69.8 Å². The first-order valence-electron chi connectivity index (χ1n) is 8.71. The van der Waals surface area contributed by atoms with Gasteiger partial charge in [-0.1, -0.05) is 18.2 Å². The maximum atomic E-state index is 12.5. The summed E-state index contributed by atoms with van der Waals surface area (Å²) in [5, 5.41) is 16.3. The quantitative estimate of drug-likeness (QED) is 0.466. The van der Waals surface area contributed by atoms with E-state index in [1.54, 1.807) is 29.2 Å². The zero-order valence-electron chi connectivity index (χ0n) is 14.9. The Morgan fingerprint density at radius 2 is 1.79 bits per heavy atom. The molecule has 1 aliphatic rings. The first kappa shape index (κ1) is 19.4.